The minimum Gasteiger partial charge on any atom is -0.434 e. The Morgan fingerprint density at radius 3 is 2.00 bits per heavy atom. The summed E-state index contributed by atoms with van der Waals surface area (Å²) in [7, 11) is 0. The molecule has 0 saturated heterocycles. The first-order valence-electron chi connectivity index (χ1n) is 3.77. The summed E-state index contributed by atoms with van der Waals surface area (Å²) >= 11 is 0. The van der Waals surface area contributed by atoms with Gasteiger partial charge >= 0.3 is 0 Å². The van der Waals surface area contributed by atoms with E-state index in [1.54, 1.807) is 0 Å². The number of hydrogen-bond donors (Lipinski definition) is 0. The van der Waals surface area contributed by atoms with E-state index in [0.717, 1.165) is 0 Å². The highest BCUT2D eigenvalue weighted by molar-refractivity contribution is 5.82. The van der Waals surface area contributed by atoms with E-state index in [4.69, 9.17) is 9.57 Å². The van der Waals surface area contributed by atoms with Gasteiger partial charge in [-0.25, -0.2) is 0 Å². The molecule has 0 fully saturated rings. The van der Waals surface area contributed by atoms with Crippen LogP contribution in [0.3, 0.4) is 0 Å². The van der Waals surface area contributed by atoms with Crippen LogP contribution in [0.25, 0.3) is 0 Å². The third-order valence-electron chi connectivity index (χ3n) is 1.33. The summed E-state index contributed by atoms with van der Waals surface area (Å²) in [6, 6.07) is 0. The van der Waals surface area contributed by atoms with Gasteiger partial charge in [-0.3, -0.25) is 0 Å². The van der Waals surface area contributed by atoms with Gasteiger partial charge in [0.25, 0.3) is 5.79 Å². The number of rotatable bonds is 0. The van der Waals surface area contributed by atoms with Gasteiger partial charge in [0.1, 0.15) is 0 Å². The third kappa shape index (κ3) is 1.85. The number of hydrogen-bond acceptors (Lipinski definition) is 3. The van der Waals surface area contributed by atoms with Crippen molar-refractivity contribution >= 4 is 5.90 Å². The van der Waals surface area contributed by atoms with E-state index in [2.05, 4.69) is 5.16 Å². The fourth-order valence-corrected chi connectivity index (χ4v) is 0.711. The van der Waals surface area contributed by atoms with Gasteiger partial charge in [-0.1, -0.05) is 20.8 Å². The summed E-state index contributed by atoms with van der Waals surface area (Å²) in [6.07, 6.45) is 0. The Hall–Kier alpha value is -0.730. The van der Waals surface area contributed by atoms with E-state index >= 15 is 0 Å². The molecule has 0 bridgehead atoms. The summed E-state index contributed by atoms with van der Waals surface area (Å²) in [5, 5.41) is 3.85. The Morgan fingerprint density at radius 1 is 1.27 bits per heavy atom. The van der Waals surface area contributed by atoms with Crippen LogP contribution in [-0.4, -0.2) is 11.7 Å². The Balaban J connectivity index is 2.68. The molecular weight excluding hydrogens is 142 g/mol. The summed E-state index contributed by atoms with van der Waals surface area (Å²) in [5.41, 5.74) is -0.0617. The Morgan fingerprint density at radius 2 is 1.82 bits per heavy atom. The van der Waals surface area contributed by atoms with Crippen molar-refractivity contribution in [2.45, 2.75) is 40.4 Å². The zero-order chi connectivity index (χ0) is 8.70. The molecule has 1 rings (SSSR count). The van der Waals surface area contributed by atoms with Crippen LogP contribution in [0.1, 0.15) is 34.6 Å². The fraction of sp³-hybridized carbons (Fsp3) is 0.875. The average Bonchev–Trinajstić information content (AvgIpc) is 2.07. The van der Waals surface area contributed by atoms with Crippen molar-refractivity contribution in [3.05, 3.63) is 0 Å². The molecule has 0 radical (unpaired) electrons. The van der Waals surface area contributed by atoms with Crippen molar-refractivity contribution in [2.24, 2.45) is 10.6 Å². The van der Waals surface area contributed by atoms with E-state index in [-0.39, 0.29) is 5.41 Å². The van der Waals surface area contributed by atoms with Crippen molar-refractivity contribution < 1.29 is 9.57 Å². The normalized spacial score (nSPS) is 22.1. The summed E-state index contributed by atoms with van der Waals surface area (Å²) in [4.78, 5) is 5.05. The first kappa shape index (κ1) is 8.37. The van der Waals surface area contributed by atoms with Crippen LogP contribution in [0, 0.1) is 5.41 Å². The van der Waals surface area contributed by atoms with Gasteiger partial charge in [0.15, 0.2) is 0 Å². The SMILES string of the molecule is CC1(C)ON=C(C(C)(C)C)O1. The molecule has 3 nitrogen and oxygen atoms in total. The predicted molar refractivity (Wildman–Crippen MR) is 43.1 cm³/mol. The fourth-order valence-electron chi connectivity index (χ4n) is 0.711. The summed E-state index contributed by atoms with van der Waals surface area (Å²) < 4.78 is 5.44. The van der Waals surface area contributed by atoms with Gasteiger partial charge in [0.2, 0.25) is 5.90 Å². The molecule has 64 valence electrons. The Kier molecular flexibility index (Phi) is 1.62. The van der Waals surface area contributed by atoms with Crippen LogP contribution in [0.4, 0.5) is 0 Å². The van der Waals surface area contributed by atoms with Crippen LogP contribution >= 0.6 is 0 Å². The van der Waals surface area contributed by atoms with Crippen LogP contribution in [0.15, 0.2) is 5.16 Å². The smallest absolute Gasteiger partial charge is 0.271 e. The van der Waals surface area contributed by atoms with E-state index < -0.39 is 5.79 Å². The highest BCUT2D eigenvalue weighted by atomic mass is 16.8. The lowest BCUT2D eigenvalue weighted by atomic mass is 9.97. The molecule has 11 heavy (non-hydrogen) atoms. The van der Waals surface area contributed by atoms with Crippen molar-refractivity contribution in [2.75, 3.05) is 0 Å². The molecule has 0 atom stereocenters. The van der Waals surface area contributed by atoms with Crippen molar-refractivity contribution in [1.29, 1.82) is 0 Å². The molecule has 1 aliphatic heterocycles. The van der Waals surface area contributed by atoms with Crippen LogP contribution in [0.5, 0.6) is 0 Å². The minimum atomic E-state index is -0.581. The van der Waals surface area contributed by atoms with Crippen molar-refractivity contribution in [1.82, 2.24) is 0 Å². The molecule has 0 unspecified atom stereocenters. The highest BCUT2D eigenvalue weighted by Gasteiger charge is 2.36. The van der Waals surface area contributed by atoms with E-state index in [1.165, 1.54) is 0 Å². The number of oxime groups is 1. The molecule has 3 heteroatoms. The first-order chi connectivity index (χ1) is 4.81. The highest BCUT2D eigenvalue weighted by Crippen LogP contribution is 2.28. The van der Waals surface area contributed by atoms with Gasteiger partial charge in [-0.2, -0.15) is 0 Å². The van der Waals surface area contributed by atoms with Gasteiger partial charge in [0.05, 0.1) is 0 Å². The zero-order valence-corrected chi connectivity index (χ0v) is 7.76. The van der Waals surface area contributed by atoms with Gasteiger partial charge in [-0.15, -0.1) is 0 Å². The Bertz CT molecular complexity index is 189. The molecule has 1 heterocycles. The Labute approximate surface area is 67.4 Å². The molecule has 0 aromatic carbocycles. The number of ether oxygens (including phenoxy) is 1. The van der Waals surface area contributed by atoms with E-state index in [1.807, 2.05) is 34.6 Å². The first-order valence-corrected chi connectivity index (χ1v) is 3.77. The van der Waals surface area contributed by atoms with E-state index in [9.17, 15) is 0 Å². The summed E-state index contributed by atoms with van der Waals surface area (Å²) in [6.45, 7) is 9.80. The predicted octanol–water partition coefficient (Wildman–Crippen LogP) is 2.13. The molecule has 0 aromatic rings. The lowest BCUT2D eigenvalue weighted by molar-refractivity contribution is -0.130. The standard InChI is InChI=1S/C8H15NO2/c1-7(2,3)6-9-11-8(4,5)10-6/h1-5H3. The molecule has 0 spiro atoms. The van der Waals surface area contributed by atoms with E-state index in [0.29, 0.717) is 5.90 Å². The summed E-state index contributed by atoms with van der Waals surface area (Å²) in [5.74, 6) is 0.0882. The quantitative estimate of drug-likeness (QED) is 0.539. The van der Waals surface area contributed by atoms with Gasteiger partial charge < -0.3 is 9.57 Å². The van der Waals surface area contributed by atoms with Crippen LogP contribution in [-0.2, 0) is 9.57 Å². The third-order valence-corrected chi connectivity index (χ3v) is 1.33. The van der Waals surface area contributed by atoms with Crippen molar-refractivity contribution in [3.63, 3.8) is 0 Å². The average molecular weight is 157 g/mol. The molecular formula is C8H15NO2. The lowest BCUT2D eigenvalue weighted by Gasteiger charge is -2.20. The molecule has 0 N–H and O–H groups in total. The zero-order valence-electron chi connectivity index (χ0n) is 7.76. The van der Waals surface area contributed by atoms with Gasteiger partial charge in [0, 0.05) is 19.3 Å². The topological polar surface area (TPSA) is 30.8 Å². The molecule has 0 amide bonds. The van der Waals surface area contributed by atoms with Crippen LogP contribution < -0.4 is 0 Å². The molecule has 1 aliphatic rings. The maximum Gasteiger partial charge on any atom is 0.271 e. The van der Waals surface area contributed by atoms with Gasteiger partial charge in [-0.05, 0) is 5.16 Å². The maximum absolute atomic E-state index is 5.44. The van der Waals surface area contributed by atoms with Crippen LogP contribution in [0.2, 0.25) is 0 Å². The maximum atomic E-state index is 5.44. The molecule has 0 saturated carbocycles. The monoisotopic (exact) mass is 157 g/mol. The molecule has 0 aromatic heterocycles. The second-order valence-corrected chi connectivity index (χ2v) is 4.24. The second-order valence-electron chi connectivity index (χ2n) is 4.24. The molecule has 0 aliphatic carbocycles. The lowest BCUT2D eigenvalue weighted by Crippen LogP contribution is -2.28. The largest absolute Gasteiger partial charge is 0.434 e. The van der Waals surface area contributed by atoms with Crippen molar-refractivity contribution in [3.8, 4) is 0 Å². The number of nitrogens with zero attached hydrogens (tertiary/aromatic N) is 1. The minimum absolute atomic E-state index is 0.0617. The second kappa shape index (κ2) is 2.13.